The first-order valence-electron chi connectivity index (χ1n) is 8.04. The first-order chi connectivity index (χ1) is 11.6. The summed E-state index contributed by atoms with van der Waals surface area (Å²) in [5.74, 6) is 0.167. The molecule has 2 aromatic rings. The van der Waals surface area contributed by atoms with Crippen LogP contribution in [0.3, 0.4) is 0 Å². The number of Topliss-reactive ketones (excluding diaryl/α,β-unsaturated/α-hetero) is 1. The molecular formula is C19H19ClN2O2. The number of nitrogens with zero attached hydrogens (tertiary/aromatic N) is 1. The van der Waals surface area contributed by atoms with E-state index in [0.29, 0.717) is 36.6 Å². The van der Waals surface area contributed by atoms with E-state index in [2.05, 4.69) is 5.32 Å². The molecule has 1 fully saturated rings. The van der Waals surface area contributed by atoms with Gasteiger partial charge in [0, 0.05) is 35.3 Å². The second kappa shape index (κ2) is 7.49. The van der Waals surface area contributed by atoms with Crippen molar-refractivity contribution in [2.24, 2.45) is 5.92 Å². The van der Waals surface area contributed by atoms with Crippen LogP contribution in [0.1, 0.15) is 23.2 Å². The van der Waals surface area contributed by atoms with Crippen molar-refractivity contribution in [3.05, 3.63) is 65.2 Å². The van der Waals surface area contributed by atoms with Crippen LogP contribution in [0.15, 0.2) is 54.6 Å². The summed E-state index contributed by atoms with van der Waals surface area (Å²) in [4.78, 5) is 26.5. The van der Waals surface area contributed by atoms with Crippen LogP contribution in [0.5, 0.6) is 0 Å². The average molecular weight is 343 g/mol. The van der Waals surface area contributed by atoms with Gasteiger partial charge in [0.05, 0.1) is 0 Å². The molecule has 1 aliphatic rings. The van der Waals surface area contributed by atoms with E-state index in [4.69, 9.17) is 11.6 Å². The van der Waals surface area contributed by atoms with E-state index in [-0.39, 0.29) is 17.7 Å². The van der Waals surface area contributed by atoms with Crippen molar-refractivity contribution >= 4 is 29.1 Å². The minimum atomic E-state index is -0.136. The van der Waals surface area contributed by atoms with E-state index in [1.165, 1.54) is 0 Å². The highest BCUT2D eigenvalue weighted by molar-refractivity contribution is 6.30. The van der Waals surface area contributed by atoms with Crippen molar-refractivity contribution in [2.45, 2.75) is 12.8 Å². The summed E-state index contributed by atoms with van der Waals surface area (Å²) >= 11 is 5.84. The van der Waals surface area contributed by atoms with Crippen molar-refractivity contribution < 1.29 is 9.59 Å². The summed E-state index contributed by atoms with van der Waals surface area (Å²) in [7, 11) is 0. The van der Waals surface area contributed by atoms with Crippen molar-refractivity contribution in [2.75, 3.05) is 18.4 Å². The molecule has 3 rings (SSSR count). The Bertz CT molecular complexity index is 708. The molecule has 124 valence electrons. The maximum absolute atomic E-state index is 12.5. The number of carbonyl (C=O) groups is 2. The van der Waals surface area contributed by atoms with Crippen molar-refractivity contribution in [3.63, 3.8) is 0 Å². The quantitative estimate of drug-likeness (QED) is 0.837. The largest absolute Gasteiger partial charge is 0.324 e. The van der Waals surface area contributed by atoms with Gasteiger partial charge in [0.1, 0.15) is 0 Å². The third kappa shape index (κ3) is 3.95. The molecule has 0 radical (unpaired) electrons. The molecule has 0 spiro atoms. The third-order valence-electron chi connectivity index (χ3n) is 4.31. The normalized spacial score (nSPS) is 15.1. The van der Waals surface area contributed by atoms with E-state index >= 15 is 0 Å². The lowest BCUT2D eigenvalue weighted by atomic mass is 9.89. The smallest absolute Gasteiger partial charge is 0.321 e. The van der Waals surface area contributed by atoms with E-state index in [0.717, 1.165) is 5.56 Å². The average Bonchev–Trinajstić information content (AvgIpc) is 2.64. The lowest BCUT2D eigenvalue weighted by Crippen LogP contribution is -2.42. The number of rotatable bonds is 3. The number of amides is 2. The third-order valence-corrected chi connectivity index (χ3v) is 4.56. The van der Waals surface area contributed by atoms with Gasteiger partial charge in [-0.3, -0.25) is 4.79 Å². The topological polar surface area (TPSA) is 49.4 Å². The number of hydrogen-bond acceptors (Lipinski definition) is 2. The molecule has 4 nitrogen and oxygen atoms in total. The highest BCUT2D eigenvalue weighted by Crippen LogP contribution is 2.22. The SMILES string of the molecule is O=C(c1ccccc1)C1CCN(C(=O)Nc2ccc(Cl)cc2)CC1. The first-order valence-corrected chi connectivity index (χ1v) is 8.42. The van der Waals surface area contributed by atoms with Crippen LogP contribution in [0, 0.1) is 5.92 Å². The highest BCUT2D eigenvalue weighted by Gasteiger charge is 2.27. The van der Waals surface area contributed by atoms with Crippen LogP contribution in [-0.4, -0.2) is 29.8 Å². The molecule has 0 atom stereocenters. The van der Waals surface area contributed by atoms with Crippen LogP contribution in [-0.2, 0) is 0 Å². The molecule has 0 unspecified atom stereocenters. The number of benzene rings is 2. The maximum Gasteiger partial charge on any atom is 0.321 e. The van der Waals surface area contributed by atoms with Crippen LogP contribution < -0.4 is 5.32 Å². The molecule has 0 aromatic heterocycles. The fourth-order valence-electron chi connectivity index (χ4n) is 2.92. The maximum atomic E-state index is 12.5. The Morgan fingerprint density at radius 3 is 2.21 bits per heavy atom. The van der Waals surface area contributed by atoms with E-state index in [9.17, 15) is 9.59 Å². The molecular weight excluding hydrogens is 324 g/mol. The summed E-state index contributed by atoms with van der Waals surface area (Å²) in [6.45, 7) is 1.17. The second-order valence-electron chi connectivity index (χ2n) is 5.93. The Kier molecular flexibility index (Phi) is 5.16. The number of nitrogens with one attached hydrogen (secondary N) is 1. The fourth-order valence-corrected chi connectivity index (χ4v) is 3.04. The van der Waals surface area contributed by atoms with Gasteiger partial charge >= 0.3 is 6.03 Å². The van der Waals surface area contributed by atoms with Gasteiger partial charge in [0.2, 0.25) is 0 Å². The number of anilines is 1. The van der Waals surface area contributed by atoms with Gasteiger partial charge < -0.3 is 10.2 Å². The van der Waals surface area contributed by atoms with Crippen LogP contribution in [0.25, 0.3) is 0 Å². The molecule has 0 saturated carbocycles. The molecule has 1 heterocycles. The Morgan fingerprint density at radius 2 is 1.58 bits per heavy atom. The highest BCUT2D eigenvalue weighted by atomic mass is 35.5. The lowest BCUT2D eigenvalue weighted by molar-refractivity contribution is 0.0859. The van der Waals surface area contributed by atoms with Gasteiger partial charge in [0.25, 0.3) is 0 Å². The number of urea groups is 1. The molecule has 1 saturated heterocycles. The number of piperidine rings is 1. The zero-order chi connectivity index (χ0) is 16.9. The first kappa shape index (κ1) is 16.5. The summed E-state index contributed by atoms with van der Waals surface area (Å²) < 4.78 is 0. The Hall–Kier alpha value is -2.33. The van der Waals surface area contributed by atoms with E-state index < -0.39 is 0 Å². The molecule has 1 aliphatic heterocycles. The second-order valence-corrected chi connectivity index (χ2v) is 6.37. The molecule has 5 heteroatoms. The molecule has 0 aliphatic carbocycles. The summed E-state index contributed by atoms with van der Waals surface area (Å²) in [6, 6.07) is 16.2. The summed E-state index contributed by atoms with van der Waals surface area (Å²) in [5, 5.41) is 3.49. The number of halogens is 1. The van der Waals surface area contributed by atoms with Gasteiger partial charge in [-0.15, -0.1) is 0 Å². The number of hydrogen-bond donors (Lipinski definition) is 1. The zero-order valence-corrected chi connectivity index (χ0v) is 14.0. The summed E-state index contributed by atoms with van der Waals surface area (Å²) in [6.07, 6.45) is 1.39. The summed E-state index contributed by atoms with van der Waals surface area (Å²) in [5.41, 5.74) is 1.47. The number of ketones is 1. The molecule has 0 bridgehead atoms. The molecule has 24 heavy (non-hydrogen) atoms. The van der Waals surface area contributed by atoms with Gasteiger partial charge in [-0.1, -0.05) is 41.9 Å². The zero-order valence-electron chi connectivity index (χ0n) is 13.2. The van der Waals surface area contributed by atoms with Gasteiger partial charge in [0.15, 0.2) is 5.78 Å². The number of likely N-dealkylation sites (tertiary alicyclic amines) is 1. The van der Waals surface area contributed by atoms with E-state index in [1.807, 2.05) is 30.3 Å². The Labute approximate surface area is 146 Å². The monoisotopic (exact) mass is 342 g/mol. The lowest BCUT2D eigenvalue weighted by Gasteiger charge is -2.31. The fraction of sp³-hybridized carbons (Fsp3) is 0.263. The van der Waals surface area contributed by atoms with Gasteiger partial charge in [-0.2, -0.15) is 0 Å². The minimum Gasteiger partial charge on any atom is -0.324 e. The number of carbonyl (C=O) groups excluding carboxylic acids is 2. The van der Waals surface area contributed by atoms with Crippen LogP contribution in [0.2, 0.25) is 5.02 Å². The van der Waals surface area contributed by atoms with Crippen LogP contribution in [0.4, 0.5) is 10.5 Å². The predicted octanol–water partition coefficient (Wildman–Crippen LogP) is 4.47. The van der Waals surface area contributed by atoms with Gasteiger partial charge in [-0.25, -0.2) is 4.79 Å². The Balaban J connectivity index is 1.54. The van der Waals surface area contributed by atoms with Crippen LogP contribution >= 0.6 is 11.6 Å². The molecule has 2 amide bonds. The van der Waals surface area contributed by atoms with Crippen molar-refractivity contribution in [1.29, 1.82) is 0 Å². The van der Waals surface area contributed by atoms with Crippen molar-refractivity contribution in [1.82, 2.24) is 4.90 Å². The van der Waals surface area contributed by atoms with Gasteiger partial charge in [-0.05, 0) is 37.1 Å². The molecule has 1 N–H and O–H groups in total. The Morgan fingerprint density at radius 1 is 0.958 bits per heavy atom. The predicted molar refractivity (Wildman–Crippen MR) is 95.5 cm³/mol. The standard InChI is InChI=1S/C19H19ClN2O2/c20-16-6-8-17(9-7-16)21-19(24)22-12-10-15(11-13-22)18(23)14-4-2-1-3-5-14/h1-9,15H,10-13H2,(H,21,24). The minimum absolute atomic E-state index is 0.00742. The van der Waals surface area contributed by atoms with Crippen molar-refractivity contribution in [3.8, 4) is 0 Å². The molecule has 2 aromatic carbocycles. The van der Waals surface area contributed by atoms with E-state index in [1.54, 1.807) is 29.2 Å².